The molecule has 0 bridgehead atoms. The van der Waals surface area contributed by atoms with E-state index in [9.17, 15) is 0 Å². The van der Waals surface area contributed by atoms with E-state index in [1.54, 1.807) is 10.9 Å². The monoisotopic (exact) mass is 238 g/mol. The van der Waals surface area contributed by atoms with Crippen LogP contribution >= 0.6 is 0 Å². The molecule has 4 nitrogen and oxygen atoms in total. The molecule has 0 spiro atoms. The zero-order valence-electron chi connectivity index (χ0n) is 11.2. The van der Waals surface area contributed by atoms with E-state index in [0.29, 0.717) is 0 Å². The topological polar surface area (TPSA) is 56.7 Å². The van der Waals surface area contributed by atoms with Crippen LogP contribution in [0.3, 0.4) is 0 Å². The van der Waals surface area contributed by atoms with Crippen LogP contribution in [-0.4, -0.2) is 15.0 Å². The lowest BCUT2D eigenvalue weighted by atomic mass is 10.0. The Hall–Kier alpha value is -0.900. The van der Waals surface area contributed by atoms with Crippen LogP contribution in [0, 0.1) is 0 Å². The molecule has 98 valence electrons. The van der Waals surface area contributed by atoms with Gasteiger partial charge in [-0.3, -0.25) is 4.68 Å². The zero-order valence-corrected chi connectivity index (χ0v) is 11.2. The Balaban J connectivity index is 2.05. The standard InChI is InChI=1S/C13H26N4/c1-3-4-5-6-7-8-9-10-12(14)13-11-15-16-17(13)2/h11-12H,3-10,14H2,1-2H3. The van der Waals surface area contributed by atoms with Gasteiger partial charge in [0.2, 0.25) is 0 Å². The molecule has 0 fully saturated rings. The number of aromatic nitrogens is 3. The normalized spacial score (nSPS) is 12.9. The Kier molecular flexibility index (Phi) is 6.86. The number of aryl methyl sites for hydroxylation is 1. The molecule has 1 aromatic rings. The van der Waals surface area contributed by atoms with E-state index in [0.717, 1.165) is 12.1 Å². The summed E-state index contributed by atoms with van der Waals surface area (Å²) in [5, 5.41) is 7.76. The third kappa shape index (κ3) is 5.31. The maximum atomic E-state index is 6.10. The fourth-order valence-electron chi connectivity index (χ4n) is 2.10. The van der Waals surface area contributed by atoms with Gasteiger partial charge in [-0.2, -0.15) is 0 Å². The minimum atomic E-state index is 0.0886. The summed E-state index contributed by atoms with van der Waals surface area (Å²) in [6.07, 6.45) is 12.1. The lowest BCUT2D eigenvalue weighted by molar-refractivity contribution is 0.519. The summed E-state index contributed by atoms with van der Waals surface area (Å²) in [5.74, 6) is 0. The Bertz CT molecular complexity index is 295. The van der Waals surface area contributed by atoms with E-state index in [1.807, 2.05) is 7.05 Å². The van der Waals surface area contributed by atoms with Gasteiger partial charge in [0.15, 0.2) is 0 Å². The highest BCUT2D eigenvalue weighted by Crippen LogP contribution is 2.16. The quantitative estimate of drug-likeness (QED) is 0.673. The molecule has 0 amide bonds. The molecule has 0 aliphatic heterocycles. The van der Waals surface area contributed by atoms with E-state index < -0.39 is 0 Å². The Morgan fingerprint density at radius 3 is 2.41 bits per heavy atom. The van der Waals surface area contributed by atoms with Gasteiger partial charge in [-0.05, 0) is 6.42 Å². The molecular weight excluding hydrogens is 212 g/mol. The molecule has 1 atom stereocenters. The van der Waals surface area contributed by atoms with Gasteiger partial charge >= 0.3 is 0 Å². The van der Waals surface area contributed by atoms with Crippen LogP contribution in [0.1, 0.15) is 70.0 Å². The molecule has 4 heteroatoms. The second kappa shape index (κ2) is 8.23. The summed E-state index contributed by atoms with van der Waals surface area (Å²) in [6.45, 7) is 2.25. The van der Waals surface area contributed by atoms with E-state index in [-0.39, 0.29) is 6.04 Å². The van der Waals surface area contributed by atoms with Crippen LogP contribution in [0.5, 0.6) is 0 Å². The van der Waals surface area contributed by atoms with E-state index in [1.165, 1.54) is 44.9 Å². The number of nitrogens with two attached hydrogens (primary N) is 1. The summed E-state index contributed by atoms with van der Waals surface area (Å²) in [5.41, 5.74) is 7.14. The fourth-order valence-corrected chi connectivity index (χ4v) is 2.10. The van der Waals surface area contributed by atoms with Crippen molar-refractivity contribution in [3.8, 4) is 0 Å². The van der Waals surface area contributed by atoms with Crippen molar-refractivity contribution < 1.29 is 0 Å². The molecule has 0 radical (unpaired) electrons. The minimum absolute atomic E-state index is 0.0886. The van der Waals surface area contributed by atoms with Crippen molar-refractivity contribution in [3.63, 3.8) is 0 Å². The first-order valence-electron chi connectivity index (χ1n) is 6.86. The van der Waals surface area contributed by atoms with Gasteiger partial charge < -0.3 is 5.73 Å². The molecule has 1 rings (SSSR count). The highest BCUT2D eigenvalue weighted by atomic mass is 15.4. The molecule has 0 aliphatic carbocycles. The first-order valence-corrected chi connectivity index (χ1v) is 6.86. The molecule has 0 aliphatic rings. The van der Waals surface area contributed by atoms with E-state index >= 15 is 0 Å². The maximum Gasteiger partial charge on any atom is 0.0751 e. The van der Waals surface area contributed by atoms with Crippen molar-refractivity contribution in [2.45, 2.75) is 64.3 Å². The van der Waals surface area contributed by atoms with Crippen LogP contribution in [0.2, 0.25) is 0 Å². The lowest BCUT2D eigenvalue weighted by Crippen LogP contribution is -2.14. The van der Waals surface area contributed by atoms with Gasteiger partial charge in [0, 0.05) is 13.1 Å². The third-order valence-electron chi connectivity index (χ3n) is 3.25. The van der Waals surface area contributed by atoms with Crippen molar-refractivity contribution in [1.82, 2.24) is 15.0 Å². The molecule has 1 aromatic heterocycles. The number of hydrogen-bond donors (Lipinski definition) is 1. The van der Waals surface area contributed by atoms with Gasteiger partial charge in [-0.25, -0.2) is 0 Å². The summed E-state index contributed by atoms with van der Waals surface area (Å²) in [6, 6.07) is 0.0886. The van der Waals surface area contributed by atoms with Crippen molar-refractivity contribution in [1.29, 1.82) is 0 Å². The number of unbranched alkanes of at least 4 members (excludes halogenated alkanes) is 6. The molecule has 0 aromatic carbocycles. The van der Waals surface area contributed by atoms with Crippen LogP contribution in [-0.2, 0) is 7.05 Å². The predicted octanol–water partition coefficient (Wildman–Crippen LogP) is 2.96. The van der Waals surface area contributed by atoms with Gasteiger partial charge in [0.25, 0.3) is 0 Å². The zero-order chi connectivity index (χ0) is 12.5. The van der Waals surface area contributed by atoms with Gasteiger partial charge in [-0.1, -0.05) is 57.1 Å². The van der Waals surface area contributed by atoms with Crippen molar-refractivity contribution in [3.05, 3.63) is 11.9 Å². The van der Waals surface area contributed by atoms with Crippen LogP contribution < -0.4 is 5.73 Å². The van der Waals surface area contributed by atoms with Crippen molar-refractivity contribution in [2.24, 2.45) is 12.8 Å². The average molecular weight is 238 g/mol. The van der Waals surface area contributed by atoms with Gasteiger partial charge in [-0.15, -0.1) is 5.10 Å². The van der Waals surface area contributed by atoms with Gasteiger partial charge in [0.1, 0.15) is 0 Å². The van der Waals surface area contributed by atoms with Gasteiger partial charge in [0.05, 0.1) is 11.9 Å². The smallest absolute Gasteiger partial charge is 0.0751 e. The molecule has 1 heterocycles. The van der Waals surface area contributed by atoms with Crippen LogP contribution in [0.25, 0.3) is 0 Å². The molecular formula is C13H26N4. The fraction of sp³-hybridized carbons (Fsp3) is 0.846. The van der Waals surface area contributed by atoms with Crippen molar-refractivity contribution >= 4 is 0 Å². The summed E-state index contributed by atoms with van der Waals surface area (Å²) in [4.78, 5) is 0. The largest absolute Gasteiger partial charge is 0.323 e. The van der Waals surface area contributed by atoms with E-state index in [4.69, 9.17) is 5.73 Å². The second-order valence-corrected chi connectivity index (χ2v) is 4.80. The summed E-state index contributed by atoms with van der Waals surface area (Å²) < 4.78 is 1.77. The number of nitrogens with zero attached hydrogens (tertiary/aromatic N) is 3. The Morgan fingerprint density at radius 2 is 1.82 bits per heavy atom. The maximum absolute atomic E-state index is 6.10. The first-order chi connectivity index (χ1) is 8.25. The molecule has 0 saturated heterocycles. The van der Waals surface area contributed by atoms with E-state index in [2.05, 4.69) is 17.2 Å². The predicted molar refractivity (Wildman–Crippen MR) is 70.5 cm³/mol. The molecule has 2 N–H and O–H groups in total. The SMILES string of the molecule is CCCCCCCCCC(N)c1cnnn1C. The van der Waals surface area contributed by atoms with Crippen molar-refractivity contribution in [2.75, 3.05) is 0 Å². The summed E-state index contributed by atoms with van der Waals surface area (Å²) in [7, 11) is 1.90. The molecule has 17 heavy (non-hydrogen) atoms. The Morgan fingerprint density at radius 1 is 1.18 bits per heavy atom. The Labute approximate surface area is 105 Å². The summed E-state index contributed by atoms with van der Waals surface area (Å²) >= 11 is 0. The molecule has 1 unspecified atom stereocenters. The minimum Gasteiger partial charge on any atom is -0.323 e. The second-order valence-electron chi connectivity index (χ2n) is 4.80. The number of rotatable bonds is 9. The third-order valence-corrected chi connectivity index (χ3v) is 3.25. The van der Waals surface area contributed by atoms with Crippen LogP contribution in [0.4, 0.5) is 0 Å². The molecule has 0 saturated carbocycles. The first kappa shape index (κ1) is 14.2. The number of hydrogen-bond acceptors (Lipinski definition) is 3. The lowest BCUT2D eigenvalue weighted by Gasteiger charge is -2.10. The highest BCUT2D eigenvalue weighted by Gasteiger charge is 2.09. The highest BCUT2D eigenvalue weighted by molar-refractivity contribution is 5.00. The van der Waals surface area contributed by atoms with Crippen LogP contribution in [0.15, 0.2) is 6.20 Å². The average Bonchev–Trinajstić information content (AvgIpc) is 2.74.